The first-order valence-electron chi connectivity index (χ1n) is 5.85. The summed E-state index contributed by atoms with van der Waals surface area (Å²) in [5.74, 6) is 0. The van der Waals surface area contributed by atoms with Gasteiger partial charge in [0.2, 0.25) is 0 Å². The summed E-state index contributed by atoms with van der Waals surface area (Å²) in [5.41, 5.74) is 1.23. The lowest BCUT2D eigenvalue weighted by atomic mass is 10.2. The third-order valence-electron chi connectivity index (χ3n) is 2.56. The van der Waals surface area contributed by atoms with Crippen molar-refractivity contribution < 1.29 is 13.2 Å². The second-order valence-electron chi connectivity index (χ2n) is 3.99. The standard InChI is InChI=1S/C13H15F3N2S/c1-19-12-6-4-5-11(10(12)9-17)18-8-3-2-7-13(14,15)16/h4-6,18H,2-3,7-8H2,1H3. The fraction of sp³-hybridized carbons (Fsp3) is 0.462. The molecule has 0 saturated carbocycles. The van der Waals surface area contributed by atoms with E-state index in [0.29, 0.717) is 24.2 Å². The number of rotatable bonds is 6. The third kappa shape index (κ3) is 5.43. The van der Waals surface area contributed by atoms with Crippen molar-refractivity contribution in [1.82, 2.24) is 0 Å². The van der Waals surface area contributed by atoms with Gasteiger partial charge in [0.05, 0.1) is 11.3 Å². The van der Waals surface area contributed by atoms with Gasteiger partial charge in [-0.2, -0.15) is 18.4 Å². The average molecular weight is 288 g/mol. The Bertz CT molecular complexity index is 452. The summed E-state index contributed by atoms with van der Waals surface area (Å²) >= 11 is 1.47. The molecule has 0 atom stereocenters. The first-order valence-corrected chi connectivity index (χ1v) is 7.08. The fourth-order valence-corrected chi connectivity index (χ4v) is 2.21. The second kappa shape index (κ2) is 7.29. The predicted octanol–water partition coefficient (Wildman–Crippen LogP) is 4.42. The molecule has 0 bridgehead atoms. The Morgan fingerprint density at radius 2 is 2.05 bits per heavy atom. The number of thioether (sulfide) groups is 1. The zero-order valence-corrected chi connectivity index (χ0v) is 11.4. The molecule has 0 aliphatic rings. The van der Waals surface area contributed by atoms with Gasteiger partial charge in [-0.15, -0.1) is 11.8 Å². The number of hydrogen-bond acceptors (Lipinski definition) is 3. The van der Waals surface area contributed by atoms with E-state index < -0.39 is 12.6 Å². The van der Waals surface area contributed by atoms with Crippen LogP contribution in [0.1, 0.15) is 24.8 Å². The average Bonchev–Trinajstić information content (AvgIpc) is 2.36. The number of unbranched alkanes of at least 4 members (excludes halogenated alkanes) is 1. The van der Waals surface area contributed by atoms with E-state index in [0.717, 1.165) is 4.90 Å². The first kappa shape index (κ1) is 15.7. The van der Waals surface area contributed by atoms with Crippen LogP contribution in [-0.4, -0.2) is 19.0 Å². The summed E-state index contributed by atoms with van der Waals surface area (Å²) in [6.45, 7) is 0.433. The molecule has 0 aromatic heterocycles. The highest BCUT2D eigenvalue weighted by Gasteiger charge is 2.25. The zero-order valence-electron chi connectivity index (χ0n) is 10.5. The zero-order chi connectivity index (χ0) is 14.3. The number of hydrogen-bond donors (Lipinski definition) is 1. The van der Waals surface area contributed by atoms with E-state index in [1.54, 1.807) is 6.07 Å². The van der Waals surface area contributed by atoms with E-state index in [9.17, 15) is 13.2 Å². The lowest BCUT2D eigenvalue weighted by molar-refractivity contribution is -0.135. The number of anilines is 1. The van der Waals surface area contributed by atoms with Crippen molar-refractivity contribution in [3.63, 3.8) is 0 Å². The fourth-order valence-electron chi connectivity index (χ4n) is 1.64. The molecule has 0 radical (unpaired) electrons. The van der Waals surface area contributed by atoms with E-state index >= 15 is 0 Å². The van der Waals surface area contributed by atoms with Gasteiger partial charge in [-0.25, -0.2) is 0 Å². The highest BCUT2D eigenvalue weighted by atomic mass is 32.2. The van der Waals surface area contributed by atoms with Crippen molar-refractivity contribution in [3.05, 3.63) is 23.8 Å². The van der Waals surface area contributed by atoms with Gasteiger partial charge in [0.1, 0.15) is 6.07 Å². The molecule has 0 aliphatic carbocycles. The van der Waals surface area contributed by atoms with Gasteiger partial charge in [0.25, 0.3) is 0 Å². The van der Waals surface area contributed by atoms with Crippen molar-refractivity contribution in [2.45, 2.75) is 30.3 Å². The number of halogens is 3. The lowest BCUT2D eigenvalue weighted by Crippen LogP contribution is -2.09. The lowest BCUT2D eigenvalue weighted by Gasteiger charge is -2.11. The number of nitrogens with one attached hydrogen (secondary N) is 1. The molecule has 1 aromatic rings. The molecule has 0 unspecified atom stereocenters. The largest absolute Gasteiger partial charge is 0.389 e. The van der Waals surface area contributed by atoms with E-state index in [1.807, 2.05) is 18.4 Å². The van der Waals surface area contributed by atoms with Crippen molar-refractivity contribution >= 4 is 17.4 Å². The molecule has 1 aromatic carbocycles. The van der Waals surface area contributed by atoms with E-state index in [-0.39, 0.29) is 6.42 Å². The third-order valence-corrected chi connectivity index (χ3v) is 3.34. The molecule has 1 rings (SSSR count). The summed E-state index contributed by atoms with van der Waals surface area (Å²) in [4.78, 5) is 0.864. The summed E-state index contributed by atoms with van der Waals surface area (Å²) < 4.78 is 35.9. The second-order valence-corrected chi connectivity index (χ2v) is 4.84. The highest BCUT2D eigenvalue weighted by molar-refractivity contribution is 7.98. The summed E-state index contributed by atoms with van der Waals surface area (Å²) in [6, 6.07) is 7.55. The Labute approximate surface area is 115 Å². The number of nitriles is 1. The van der Waals surface area contributed by atoms with E-state index in [2.05, 4.69) is 11.4 Å². The molecule has 0 amide bonds. The molecule has 0 heterocycles. The maximum Gasteiger partial charge on any atom is 0.389 e. The van der Waals surface area contributed by atoms with Gasteiger partial charge in [0.15, 0.2) is 0 Å². The van der Waals surface area contributed by atoms with Gasteiger partial charge >= 0.3 is 6.18 Å². The molecule has 2 nitrogen and oxygen atoms in total. The van der Waals surface area contributed by atoms with E-state index in [1.165, 1.54) is 11.8 Å². The van der Waals surface area contributed by atoms with Crippen LogP contribution in [0.4, 0.5) is 18.9 Å². The van der Waals surface area contributed by atoms with Crippen LogP contribution >= 0.6 is 11.8 Å². The summed E-state index contributed by atoms with van der Waals surface area (Å²) in [7, 11) is 0. The maximum atomic E-state index is 12.0. The quantitative estimate of drug-likeness (QED) is 0.621. The number of nitrogens with zero attached hydrogens (tertiary/aromatic N) is 1. The molecule has 0 fully saturated rings. The SMILES string of the molecule is CSc1cccc(NCCCCC(F)(F)F)c1C#N. The minimum Gasteiger partial charge on any atom is -0.384 e. The first-order chi connectivity index (χ1) is 8.98. The summed E-state index contributed by atoms with van der Waals surface area (Å²) in [6.07, 6.45) is -2.45. The Morgan fingerprint density at radius 1 is 1.32 bits per heavy atom. The Kier molecular flexibility index (Phi) is 6.03. The molecule has 0 aliphatic heterocycles. The van der Waals surface area contributed by atoms with Crippen LogP contribution in [0.5, 0.6) is 0 Å². The minimum atomic E-state index is -4.09. The monoisotopic (exact) mass is 288 g/mol. The van der Waals surface area contributed by atoms with Crippen molar-refractivity contribution in [2.75, 3.05) is 18.1 Å². The molecule has 0 spiro atoms. The number of benzene rings is 1. The minimum absolute atomic E-state index is 0.0978. The molecule has 19 heavy (non-hydrogen) atoms. The summed E-state index contributed by atoms with van der Waals surface area (Å²) in [5, 5.41) is 12.1. The smallest absolute Gasteiger partial charge is 0.384 e. The van der Waals surface area contributed by atoms with Crippen LogP contribution in [0, 0.1) is 11.3 Å². The van der Waals surface area contributed by atoms with Crippen LogP contribution in [0.15, 0.2) is 23.1 Å². The topological polar surface area (TPSA) is 35.8 Å². The maximum absolute atomic E-state index is 12.0. The van der Waals surface area contributed by atoms with Crippen molar-refractivity contribution in [3.8, 4) is 6.07 Å². The Hall–Kier alpha value is -1.35. The van der Waals surface area contributed by atoms with Crippen LogP contribution in [0.2, 0.25) is 0 Å². The molecular formula is C13H15F3N2S. The molecule has 0 saturated heterocycles. The predicted molar refractivity (Wildman–Crippen MR) is 71.3 cm³/mol. The van der Waals surface area contributed by atoms with Crippen molar-refractivity contribution in [1.29, 1.82) is 5.26 Å². The van der Waals surface area contributed by atoms with Crippen LogP contribution in [-0.2, 0) is 0 Å². The Morgan fingerprint density at radius 3 is 2.63 bits per heavy atom. The Balaban J connectivity index is 2.48. The van der Waals surface area contributed by atoms with E-state index in [4.69, 9.17) is 5.26 Å². The van der Waals surface area contributed by atoms with Gasteiger partial charge in [0, 0.05) is 17.9 Å². The van der Waals surface area contributed by atoms with Gasteiger partial charge in [-0.05, 0) is 31.2 Å². The molecular weight excluding hydrogens is 273 g/mol. The molecule has 6 heteroatoms. The number of alkyl halides is 3. The van der Waals surface area contributed by atoms with Crippen molar-refractivity contribution in [2.24, 2.45) is 0 Å². The van der Waals surface area contributed by atoms with Gasteiger partial charge in [-0.1, -0.05) is 6.07 Å². The van der Waals surface area contributed by atoms with Gasteiger partial charge in [-0.3, -0.25) is 0 Å². The van der Waals surface area contributed by atoms with Crippen LogP contribution in [0.3, 0.4) is 0 Å². The molecule has 104 valence electrons. The van der Waals surface area contributed by atoms with Gasteiger partial charge < -0.3 is 5.32 Å². The van der Waals surface area contributed by atoms with Crippen LogP contribution < -0.4 is 5.32 Å². The van der Waals surface area contributed by atoms with Crippen LogP contribution in [0.25, 0.3) is 0 Å². The normalized spacial score (nSPS) is 11.1. The molecule has 1 N–H and O–H groups in total. The highest BCUT2D eigenvalue weighted by Crippen LogP contribution is 2.26.